The van der Waals surface area contributed by atoms with E-state index in [9.17, 15) is 4.39 Å². The van der Waals surface area contributed by atoms with Crippen LogP contribution in [0.2, 0.25) is 0 Å². The third kappa shape index (κ3) is 2.46. The quantitative estimate of drug-likeness (QED) is 0.807. The number of hydrogen-bond donors (Lipinski definition) is 0. The van der Waals surface area contributed by atoms with Gasteiger partial charge in [-0.1, -0.05) is 6.92 Å². The molecule has 0 radical (unpaired) electrons. The van der Waals surface area contributed by atoms with Gasteiger partial charge in [-0.2, -0.15) is 5.26 Å². The van der Waals surface area contributed by atoms with Gasteiger partial charge in [-0.25, -0.2) is 4.39 Å². The molecule has 0 spiro atoms. The average molecular weight is 248 g/mol. The third-order valence-electron chi connectivity index (χ3n) is 3.61. The summed E-state index contributed by atoms with van der Waals surface area (Å²) in [6.45, 7) is 3.79. The van der Waals surface area contributed by atoms with Gasteiger partial charge in [0, 0.05) is 20.2 Å². The second-order valence-electron chi connectivity index (χ2n) is 4.76. The molecule has 1 aromatic rings. The molecule has 18 heavy (non-hydrogen) atoms. The maximum absolute atomic E-state index is 13.1. The highest BCUT2D eigenvalue weighted by Gasteiger charge is 2.27. The molecule has 1 aliphatic rings. The number of halogens is 1. The molecule has 3 nitrogen and oxygen atoms in total. The van der Waals surface area contributed by atoms with Gasteiger partial charge in [0.05, 0.1) is 17.4 Å². The van der Waals surface area contributed by atoms with Crippen molar-refractivity contribution in [3.8, 4) is 6.07 Å². The maximum Gasteiger partial charge on any atom is 0.124 e. The first-order valence-electron chi connectivity index (χ1n) is 6.13. The number of ether oxygens (including phenoxy) is 1. The zero-order chi connectivity index (χ0) is 13.1. The summed E-state index contributed by atoms with van der Waals surface area (Å²) in [6, 6.07) is 6.42. The Labute approximate surface area is 107 Å². The summed E-state index contributed by atoms with van der Waals surface area (Å²) in [5.74, 6) is 0.140. The molecule has 1 aromatic carbocycles. The number of piperidine rings is 1. The van der Waals surface area contributed by atoms with Crippen LogP contribution in [-0.4, -0.2) is 26.3 Å². The zero-order valence-corrected chi connectivity index (χ0v) is 10.7. The zero-order valence-electron chi connectivity index (χ0n) is 10.7. The molecule has 1 saturated heterocycles. The molecule has 2 unspecified atom stereocenters. The van der Waals surface area contributed by atoms with Gasteiger partial charge in [0.15, 0.2) is 0 Å². The second-order valence-corrected chi connectivity index (χ2v) is 4.76. The minimum atomic E-state index is -0.371. The molecule has 2 rings (SSSR count). The Morgan fingerprint density at radius 1 is 1.50 bits per heavy atom. The number of anilines is 1. The average Bonchev–Trinajstić information content (AvgIpc) is 2.39. The molecule has 0 amide bonds. The smallest absolute Gasteiger partial charge is 0.124 e. The molecule has 0 saturated carbocycles. The molecule has 0 N–H and O–H groups in total. The van der Waals surface area contributed by atoms with E-state index in [1.54, 1.807) is 13.2 Å². The predicted octanol–water partition coefficient (Wildman–Crippen LogP) is 2.56. The Balaban J connectivity index is 2.25. The van der Waals surface area contributed by atoms with Crippen molar-refractivity contribution in [2.75, 3.05) is 25.1 Å². The lowest BCUT2D eigenvalue weighted by atomic mass is 9.95. The summed E-state index contributed by atoms with van der Waals surface area (Å²) in [4.78, 5) is 2.10. The number of nitrogens with zero attached hydrogens (tertiary/aromatic N) is 2. The Hall–Kier alpha value is -1.60. The Bertz CT molecular complexity index is 469. The van der Waals surface area contributed by atoms with Gasteiger partial charge in [-0.3, -0.25) is 0 Å². The molecule has 1 fully saturated rings. The van der Waals surface area contributed by atoms with E-state index in [1.165, 1.54) is 12.1 Å². The number of hydrogen-bond acceptors (Lipinski definition) is 3. The number of nitriles is 1. The summed E-state index contributed by atoms with van der Waals surface area (Å²) in [6.07, 6.45) is 1.18. The van der Waals surface area contributed by atoms with Crippen molar-refractivity contribution in [3.63, 3.8) is 0 Å². The van der Waals surface area contributed by atoms with Gasteiger partial charge < -0.3 is 9.64 Å². The topological polar surface area (TPSA) is 36.3 Å². The van der Waals surface area contributed by atoms with Crippen LogP contribution in [0.15, 0.2) is 18.2 Å². The van der Waals surface area contributed by atoms with Crippen LogP contribution in [0.1, 0.15) is 18.9 Å². The monoisotopic (exact) mass is 248 g/mol. The Kier molecular flexibility index (Phi) is 3.83. The van der Waals surface area contributed by atoms with Gasteiger partial charge in [-0.05, 0) is 30.5 Å². The molecule has 0 aliphatic carbocycles. The summed E-state index contributed by atoms with van der Waals surface area (Å²) in [5.41, 5.74) is 1.19. The minimum absolute atomic E-state index is 0.162. The van der Waals surface area contributed by atoms with E-state index in [0.717, 1.165) is 25.2 Å². The van der Waals surface area contributed by atoms with Crippen LogP contribution in [0.4, 0.5) is 10.1 Å². The van der Waals surface area contributed by atoms with Gasteiger partial charge in [-0.15, -0.1) is 0 Å². The standard InChI is InChI=1S/C14H17FN2O/c1-10-5-6-17(9-14(10)18-2)13-4-3-12(15)7-11(13)8-16/h3-4,7,10,14H,5-6,9H2,1-2H3. The SMILES string of the molecule is COC1CN(c2ccc(F)cc2C#N)CCC1C. The van der Waals surface area contributed by atoms with E-state index in [2.05, 4.69) is 17.9 Å². The van der Waals surface area contributed by atoms with Gasteiger partial charge in [0.2, 0.25) is 0 Å². The maximum atomic E-state index is 13.1. The van der Waals surface area contributed by atoms with Gasteiger partial charge in [0.25, 0.3) is 0 Å². The number of rotatable bonds is 2. The predicted molar refractivity (Wildman–Crippen MR) is 67.9 cm³/mol. The van der Waals surface area contributed by atoms with Crippen LogP contribution in [0.3, 0.4) is 0 Å². The summed E-state index contributed by atoms with van der Waals surface area (Å²) >= 11 is 0. The van der Waals surface area contributed by atoms with Crippen LogP contribution in [0, 0.1) is 23.1 Å². The first-order valence-corrected chi connectivity index (χ1v) is 6.13. The first kappa shape index (κ1) is 12.8. The Morgan fingerprint density at radius 2 is 2.28 bits per heavy atom. The summed E-state index contributed by atoms with van der Waals surface area (Å²) in [7, 11) is 1.71. The first-order chi connectivity index (χ1) is 8.65. The van der Waals surface area contributed by atoms with E-state index < -0.39 is 0 Å². The lowest BCUT2D eigenvalue weighted by Gasteiger charge is -2.37. The largest absolute Gasteiger partial charge is 0.379 e. The van der Waals surface area contributed by atoms with Crippen molar-refractivity contribution in [2.45, 2.75) is 19.4 Å². The molecule has 0 aromatic heterocycles. The van der Waals surface area contributed by atoms with Crippen molar-refractivity contribution in [3.05, 3.63) is 29.6 Å². The van der Waals surface area contributed by atoms with E-state index in [0.29, 0.717) is 11.5 Å². The van der Waals surface area contributed by atoms with Crippen molar-refractivity contribution in [2.24, 2.45) is 5.92 Å². The molecule has 2 atom stereocenters. The minimum Gasteiger partial charge on any atom is -0.379 e. The molecule has 1 aliphatic heterocycles. The van der Waals surface area contributed by atoms with Crippen molar-refractivity contribution in [1.82, 2.24) is 0 Å². The highest BCUT2D eigenvalue weighted by Crippen LogP contribution is 2.27. The molecule has 4 heteroatoms. The highest BCUT2D eigenvalue weighted by molar-refractivity contribution is 5.59. The Morgan fingerprint density at radius 3 is 2.94 bits per heavy atom. The van der Waals surface area contributed by atoms with E-state index in [1.807, 2.05) is 0 Å². The van der Waals surface area contributed by atoms with Crippen LogP contribution < -0.4 is 4.90 Å². The van der Waals surface area contributed by atoms with E-state index in [4.69, 9.17) is 10.00 Å². The lowest BCUT2D eigenvalue weighted by Crippen LogP contribution is -2.44. The van der Waals surface area contributed by atoms with Crippen molar-refractivity contribution >= 4 is 5.69 Å². The fourth-order valence-corrected chi connectivity index (χ4v) is 2.43. The molecule has 1 heterocycles. The summed E-state index contributed by atoms with van der Waals surface area (Å²) in [5, 5.41) is 9.07. The molecular weight excluding hydrogens is 231 g/mol. The van der Waals surface area contributed by atoms with Gasteiger partial charge >= 0.3 is 0 Å². The second kappa shape index (κ2) is 5.36. The fraction of sp³-hybridized carbons (Fsp3) is 0.500. The molecule has 0 bridgehead atoms. The molecular formula is C14H17FN2O. The van der Waals surface area contributed by atoms with Crippen LogP contribution >= 0.6 is 0 Å². The van der Waals surface area contributed by atoms with Crippen molar-refractivity contribution < 1.29 is 9.13 Å². The van der Waals surface area contributed by atoms with Crippen LogP contribution in [0.25, 0.3) is 0 Å². The summed E-state index contributed by atoms with van der Waals surface area (Å²) < 4.78 is 18.6. The fourth-order valence-electron chi connectivity index (χ4n) is 2.43. The van der Waals surface area contributed by atoms with Crippen molar-refractivity contribution in [1.29, 1.82) is 5.26 Å². The normalized spacial score (nSPS) is 23.8. The van der Waals surface area contributed by atoms with Gasteiger partial charge in [0.1, 0.15) is 11.9 Å². The van der Waals surface area contributed by atoms with E-state index in [-0.39, 0.29) is 11.9 Å². The number of benzene rings is 1. The van der Waals surface area contributed by atoms with Crippen LogP contribution in [-0.2, 0) is 4.74 Å². The molecule has 96 valence electrons. The highest BCUT2D eigenvalue weighted by atomic mass is 19.1. The third-order valence-corrected chi connectivity index (χ3v) is 3.61. The van der Waals surface area contributed by atoms with E-state index >= 15 is 0 Å². The lowest BCUT2D eigenvalue weighted by molar-refractivity contribution is 0.0498. The number of methoxy groups -OCH3 is 1. The van der Waals surface area contributed by atoms with Crippen LogP contribution in [0.5, 0.6) is 0 Å².